The molecule has 2 aliphatic rings. The van der Waals surface area contributed by atoms with Gasteiger partial charge in [0.15, 0.2) is 5.78 Å². The van der Waals surface area contributed by atoms with E-state index in [4.69, 9.17) is 9.84 Å². The summed E-state index contributed by atoms with van der Waals surface area (Å²) in [6.07, 6.45) is 7.09. The molecule has 1 aliphatic carbocycles. The van der Waals surface area contributed by atoms with Crippen LogP contribution in [0.15, 0.2) is 91.0 Å². The monoisotopic (exact) mass is 565 g/mol. The van der Waals surface area contributed by atoms with E-state index < -0.39 is 6.61 Å². The standard InChI is InChI=1S/C35H39N3O4/c39-27-33(40)17-14-28-10-12-29(13-11-28)26-36(19-18-31-16-15-30-6-4-5-9-34(30)31)24-25-42-35(41)38-22-20-37(21-23-38)32-7-2-1-3-8-32/h1-14,16-17,39H,15,18-27H2/b17-14+. The van der Waals surface area contributed by atoms with Gasteiger partial charge in [0.2, 0.25) is 0 Å². The fraction of sp³-hybridized carbons (Fsp3) is 0.314. The molecular formula is C35H39N3O4. The van der Waals surface area contributed by atoms with Crippen LogP contribution < -0.4 is 4.90 Å². The normalized spacial score (nSPS) is 14.8. The SMILES string of the molecule is O=C(/C=C/c1ccc(CN(CCOC(=O)N2CCN(c3ccccc3)CC2)CCC2=CCc3ccccc32)cc1)CO. The molecule has 0 atom stereocenters. The number of amides is 1. The summed E-state index contributed by atoms with van der Waals surface area (Å²) in [5.41, 5.74) is 7.32. The zero-order valence-corrected chi connectivity index (χ0v) is 24.0. The van der Waals surface area contributed by atoms with Crippen LogP contribution in [0.1, 0.15) is 28.7 Å². The number of para-hydroxylation sites is 1. The smallest absolute Gasteiger partial charge is 0.409 e. The molecule has 0 bridgehead atoms. The molecule has 218 valence electrons. The minimum atomic E-state index is -0.487. The molecule has 1 aliphatic heterocycles. The third kappa shape index (κ3) is 7.96. The number of nitrogens with zero attached hydrogens (tertiary/aromatic N) is 3. The lowest BCUT2D eigenvalue weighted by molar-refractivity contribution is -0.117. The Balaban J connectivity index is 1.15. The Hall–Kier alpha value is -4.20. The van der Waals surface area contributed by atoms with Crippen LogP contribution in [0, 0.1) is 0 Å². The van der Waals surface area contributed by atoms with Gasteiger partial charge >= 0.3 is 6.09 Å². The van der Waals surface area contributed by atoms with Crippen LogP contribution in [0.3, 0.4) is 0 Å². The summed E-state index contributed by atoms with van der Waals surface area (Å²) in [6.45, 7) is 4.93. The number of benzene rings is 3. The van der Waals surface area contributed by atoms with Crippen LogP contribution >= 0.6 is 0 Å². The van der Waals surface area contributed by atoms with Gasteiger partial charge in [0.1, 0.15) is 13.2 Å². The Kier molecular flexibility index (Phi) is 10.2. The molecule has 3 aromatic rings. The van der Waals surface area contributed by atoms with Crippen molar-refractivity contribution in [1.29, 1.82) is 0 Å². The van der Waals surface area contributed by atoms with Gasteiger partial charge in [-0.15, -0.1) is 0 Å². The highest BCUT2D eigenvalue weighted by Gasteiger charge is 2.22. The number of ether oxygens (including phenoxy) is 1. The van der Waals surface area contributed by atoms with Crippen molar-refractivity contribution in [2.24, 2.45) is 0 Å². The quantitative estimate of drug-likeness (QED) is 0.310. The van der Waals surface area contributed by atoms with Crippen molar-refractivity contribution in [3.63, 3.8) is 0 Å². The number of piperazine rings is 1. The number of aliphatic hydroxyl groups excluding tert-OH is 1. The molecule has 0 unspecified atom stereocenters. The van der Waals surface area contributed by atoms with Crippen molar-refractivity contribution in [3.05, 3.63) is 113 Å². The van der Waals surface area contributed by atoms with Crippen LogP contribution in [0.2, 0.25) is 0 Å². The second kappa shape index (κ2) is 14.6. The number of anilines is 1. The van der Waals surface area contributed by atoms with Gasteiger partial charge in [0, 0.05) is 51.5 Å². The van der Waals surface area contributed by atoms with Crippen molar-refractivity contribution in [3.8, 4) is 0 Å². The van der Waals surface area contributed by atoms with E-state index in [1.54, 1.807) is 11.0 Å². The third-order valence-corrected chi connectivity index (χ3v) is 7.92. The van der Waals surface area contributed by atoms with Crippen LogP contribution in [0.4, 0.5) is 10.5 Å². The van der Waals surface area contributed by atoms with Crippen LogP contribution in [0.5, 0.6) is 0 Å². The molecule has 7 nitrogen and oxygen atoms in total. The number of aliphatic hydroxyl groups is 1. The molecular weight excluding hydrogens is 526 g/mol. The van der Waals surface area contributed by atoms with Gasteiger partial charge in [0.25, 0.3) is 0 Å². The fourth-order valence-corrected chi connectivity index (χ4v) is 5.51. The highest BCUT2D eigenvalue weighted by molar-refractivity contribution is 5.94. The molecule has 0 spiro atoms. The Morgan fingerprint density at radius 1 is 0.881 bits per heavy atom. The maximum atomic E-state index is 12.9. The van der Waals surface area contributed by atoms with Crippen molar-refractivity contribution >= 4 is 29.2 Å². The fourth-order valence-electron chi connectivity index (χ4n) is 5.51. The van der Waals surface area contributed by atoms with E-state index in [1.165, 1.54) is 28.5 Å². The molecule has 42 heavy (non-hydrogen) atoms. The lowest BCUT2D eigenvalue weighted by Crippen LogP contribution is -2.49. The van der Waals surface area contributed by atoms with E-state index in [-0.39, 0.29) is 11.9 Å². The molecule has 3 aromatic carbocycles. The molecule has 1 fully saturated rings. The minimum absolute atomic E-state index is 0.247. The number of carbonyl (C=O) groups is 2. The maximum absolute atomic E-state index is 12.9. The van der Waals surface area contributed by atoms with Crippen LogP contribution in [-0.2, 0) is 22.5 Å². The first kappa shape index (κ1) is 29.3. The second-order valence-electron chi connectivity index (χ2n) is 10.7. The van der Waals surface area contributed by atoms with E-state index in [2.05, 4.69) is 64.4 Å². The topological polar surface area (TPSA) is 73.3 Å². The molecule has 7 heteroatoms. The van der Waals surface area contributed by atoms with Crippen LogP contribution in [-0.4, -0.2) is 79.3 Å². The Bertz CT molecular complexity index is 1390. The predicted octanol–water partition coefficient (Wildman–Crippen LogP) is 5.05. The second-order valence-corrected chi connectivity index (χ2v) is 10.7. The molecule has 0 aromatic heterocycles. The summed E-state index contributed by atoms with van der Waals surface area (Å²) in [4.78, 5) is 30.7. The van der Waals surface area contributed by atoms with Gasteiger partial charge in [-0.2, -0.15) is 0 Å². The maximum Gasteiger partial charge on any atom is 0.409 e. The number of hydrogen-bond donors (Lipinski definition) is 1. The number of allylic oxidation sites excluding steroid dienone is 1. The van der Waals surface area contributed by atoms with E-state index in [9.17, 15) is 9.59 Å². The lowest BCUT2D eigenvalue weighted by atomic mass is 10.0. The molecule has 1 N–H and O–H groups in total. The Morgan fingerprint density at radius 3 is 2.38 bits per heavy atom. The van der Waals surface area contributed by atoms with Gasteiger partial charge in [0.05, 0.1) is 0 Å². The van der Waals surface area contributed by atoms with E-state index in [0.29, 0.717) is 26.2 Å². The first-order valence-corrected chi connectivity index (χ1v) is 14.7. The number of rotatable bonds is 12. The van der Waals surface area contributed by atoms with Gasteiger partial charge < -0.3 is 19.6 Å². The van der Waals surface area contributed by atoms with Gasteiger partial charge in [-0.05, 0) is 58.9 Å². The molecule has 5 rings (SSSR count). The highest BCUT2D eigenvalue weighted by atomic mass is 16.6. The summed E-state index contributed by atoms with van der Waals surface area (Å²) in [6, 6.07) is 26.9. The number of ketones is 1. The largest absolute Gasteiger partial charge is 0.448 e. The number of fused-ring (bicyclic) bond motifs is 1. The first-order chi connectivity index (χ1) is 20.6. The van der Waals surface area contributed by atoms with Crippen molar-refractivity contribution < 1.29 is 19.4 Å². The average Bonchev–Trinajstić information content (AvgIpc) is 3.46. The van der Waals surface area contributed by atoms with Crippen molar-refractivity contribution in [2.75, 3.05) is 57.4 Å². The summed E-state index contributed by atoms with van der Waals surface area (Å²) < 4.78 is 5.75. The van der Waals surface area contributed by atoms with Crippen molar-refractivity contribution in [2.45, 2.75) is 19.4 Å². The summed E-state index contributed by atoms with van der Waals surface area (Å²) >= 11 is 0. The zero-order chi connectivity index (χ0) is 29.1. The van der Waals surface area contributed by atoms with E-state index in [1.807, 2.05) is 30.3 Å². The van der Waals surface area contributed by atoms with E-state index in [0.717, 1.165) is 50.1 Å². The summed E-state index contributed by atoms with van der Waals surface area (Å²) in [5, 5.41) is 8.93. The van der Waals surface area contributed by atoms with E-state index >= 15 is 0 Å². The molecule has 1 saturated heterocycles. The predicted molar refractivity (Wildman–Crippen MR) is 167 cm³/mol. The van der Waals surface area contributed by atoms with Gasteiger partial charge in [-0.25, -0.2) is 4.79 Å². The summed E-state index contributed by atoms with van der Waals surface area (Å²) in [7, 11) is 0. The van der Waals surface area contributed by atoms with Gasteiger partial charge in [-0.1, -0.05) is 78.9 Å². The minimum Gasteiger partial charge on any atom is -0.448 e. The van der Waals surface area contributed by atoms with Gasteiger partial charge in [-0.3, -0.25) is 9.69 Å². The zero-order valence-electron chi connectivity index (χ0n) is 24.0. The summed E-state index contributed by atoms with van der Waals surface area (Å²) in [5.74, 6) is -0.319. The molecule has 0 radical (unpaired) electrons. The molecule has 1 heterocycles. The third-order valence-electron chi connectivity index (χ3n) is 7.92. The average molecular weight is 566 g/mol. The Morgan fingerprint density at radius 2 is 1.62 bits per heavy atom. The number of carbonyl (C=O) groups excluding carboxylic acids is 2. The molecule has 0 saturated carbocycles. The molecule has 1 amide bonds. The number of hydrogen-bond acceptors (Lipinski definition) is 6. The van der Waals surface area contributed by atoms with Crippen LogP contribution in [0.25, 0.3) is 11.6 Å². The Labute approximate surface area is 248 Å². The highest BCUT2D eigenvalue weighted by Crippen LogP contribution is 2.29. The van der Waals surface area contributed by atoms with Crippen molar-refractivity contribution in [1.82, 2.24) is 9.80 Å². The first-order valence-electron chi connectivity index (χ1n) is 14.7. The lowest BCUT2D eigenvalue weighted by Gasteiger charge is -2.35.